The number of benzene rings is 4. The second-order valence-corrected chi connectivity index (χ2v) is 8.53. The van der Waals surface area contributed by atoms with Gasteiger partial charge in [-0.15, -0.1) is 0 Å². The maximum absolute atomic E-state index is 6.16. The minimum atomic E-state index is 0.108. The molecular weight excluding hydrogens is 382 g/mol. The van der Waals surface area contributed by atoms with Gasteiger partial charge in [0.25, 0.3) is 0 Å². The first-order valence-corrected chi connectivity index (χ1v) is 10.4. The Balaban J connectivity index is 1.50. The van der Waals surface area contributed by atoms with Crippen LogP contribution in [0.25, 0.3) is 10.8 Å². The van der Waals surface area contributed by atoms with Crippen molar-refractivity contribution >= 4 is 28.1 Å². The largest absolute Gasteiger partial charge is 0.457 e. The van der Waals surface area contributed by atoms with Crippen LogP contribution in [0.4, 0.5) is 11.4 Å². The first kappa shape index (κ1) is 20.5. The molecule has 0 saturated heterocycles. The molecule has 0 aliphatic rings. The van der Waals surface area contributed by atoms with Gasteiger partial charge in [-0.2, -0.15) is 0 Å². The SMILES string of the molecule is CC(C)(C)c1ccc(N=C(N)Nc2cccc(Oc3cccc4ccccc34)c2)cc1. The van der Waals surface area contributed by atoms with Gasteiger partial charge in [0.05, 0.1) is 5.69 Å². The van der Waals surface area contributed by atoms with Crippen molar-refractivity contribution in [2.75, 3.05) is 5.32 Å². The summed E-state index contributed by atoms with van der Waals surface area (Å²) < 4.78 is 6.16. The smallest absolute Gasteiger partial charge is 0.198 e. The second kappa shape index (κ2) is 8.52. The van der Waals surface area contributed by atoms with Gasteiger partial charge in [-0.1, -0.05) is 75.4 Å². The number of ether oxygens (including phenoxy) is 1. The summed E-state index contributed by atoms with van der Waals surface area (Å²) >= 11 is 0. The molecule has 0 fully saturated rings. The lowest BCUT2D eigenvalue weighted by atomic mass is 9.87. The lowest BCUT2D eigenvalue weighted by Gasteiger charge is -2.18. The molecule has 4 heteroatoms. The third kappa shape index (κ3) is 5.04. The van der Waals surface area contributed by atoms with Gasteiger partial charge in [-0.05, 0) is 46.7 Å². The number of nitrogens with zero attached hydrogens (tertiary/aromatic N) is 1. The van der Waals surface area contributed by atoms with Crippen molar-refractivity contribution in [3.05, 3.63) is 96.6 Å². The van der Waals surface area contributed by atoms with E-state index in [2.05, 4.69) is 61.4 Å². The van der Waals surface area contributed by atoms with Gasteiger partial charge in [0.2, 0.25) is 0 Å². The molecular formula is C27H27N3O. The van der Waals surface area contributed by atoms with Crippen LogP contribution in [-0.4, -0.2) is 5.96 Å². The minimum absolute atomic E-state index is 0.108. The lowest BCUT2D eigenvalue weighted by molar-refractivity contribution is 0.488. The summed E-state index contributed by atoms with van der Waals surface area (Å²) in [5, 5.41) is 5.36. The molecule has 0 aliphatic heterocycles. The Morgan fingerprint density at radius 2 is 1.55 bits per heavy atom. The molecule has 4 aromatic carbocycles. The monoisotopic (exact) mass is 409 g/mol. The molecule has 0 atom stereocenters. The number of hydrogen-bond donors (Lipinski definition) is 2. The third-order valence-corrected chi connectivity index (χ3v) is 5.07. The number of nitrogens with one attached hydrogen (secondary N) is 1. The molecule has 0 saturated carbocycles. The van der Waals surface area contributed by atoms with E-state index in [0.29, 0.717) is 5.96 Å². The average molecular weight is 410 g/mol. The quantitative estimate of drug-likeness (QED) is 0.282. The van der Waals surface area contributed by atoms with Crippen LogP contribution >= 0.6 is 0 Å². The van der Waals surface area contributed by atoms with E-state index in [1.54, 1.807) is 0 Å². The van der Waals surface area contributed by atoms with Crippen LogP contribution in [0.15, 0.2) is 96.0 Å². The highest BCUT2D eigenvalue weighted by Gasteiger charge is 2.12. The van der Waals surface area contributed by atoms with Crippen LogP contribution in [0.3, 0.4) is 0 Å². The molecule has 4 rings (SSSR count). The van der Waals surface area contributed by atoms with Crippen LogP contribution < -0.4 is 15.8 Å². The fourth-order valence-electron chi connectivity index (χ4n) is 3.40. The van der Waals surface area contributed by atoms with Gasteiger partial charge >= 0.3 is 0 Å². The van der Waals surface area contributed by atoms with Gasteiger partial charge in [-0.3, -0.25) is 0 Å². The van der Waals surface area contributed by atoms with E-state index in [1.807, 2.05) is 60.7 Å². The molecule has 31 heavy (non-hydrogen) atoms. The van der Waals surface area contributed by atoms with Crippen molar-refractivity contribution in [3.63, 3.8) is 0 Å². The highest BCUT2D eigenvalue weighted by atomic mass is 16.5. The molecule has 0 unspecified atom stereocenters. The van der Waals surface area contributed by atoms with Gasteiger partial charge in [-0.25, -0.2) is 4.99 Å². The second-order valence-electron chi connectivity index (χ2n) is 8.53. The molecule has 0 amide bonds. The van der Waals surface area contributed by atoms with E-state index in [9.17, 15) is 0 Å². The zero-order valence-electron chi connectivity index (χ0n) is 18.1. The number of aliphatic imine (C=N–C) groups is 1. The summed E-state index contributed by atoms with van der Waals surface area (Å²) in [6.45, 7) is 6.57. The molecule has 0 aromatic heterocycles. The van der Waals surface area contributed by atoms with Gasteiger partial charge in [0.1, 0.15) is 11.5 Å². The number of anilines is 1. The summed E-state index contributed by atoms with van der Waals surface area (Å²) in [6, 6.07) is 30.0. The van der Waals surface area contributed by atoms with E-state index in [4.69, 9.17) is 10.5 Å². The van der Waals surface area contributed by atoms with E-state index in [-0.39, 0.29) is 5.41 Å². The minimum Gasteiger partial charge on any atom is -0.457 e. The van der Waals surface area contributed by atoms with E-state index in [1.165, 1.54) is 5.56 Å². The Bertz CT molecular complexity index is 1220. The van der Waals surface area contributed by atoms with Crippen molar-refractivity contribution < 1.29 is 4.74 Å². The molecule has 3 N–H and O–H groups in total. The van der Waals surface area contributed by atoms with Crippen LogP contribution in [0.5, 0.6) is 11.5 Å². The molecule has 0 aliphatic carbocycles. The first-order chi connectivity index (χ1) is 14.9. The Morgan fingerprint density at radius 3 is 2.32 bits per heavy atom. The summed E-state index contributed by atoms with van der Waals surface area (Å²) in [4.78, 5) is 4.47. The third-order valence-electron chi connectivity index (χ3n) is 5.07. The van der Waals surface area contributed by atoms with E-state index in [0.717, 1.165) is 33.6 Å². The molecule has 0 heterocycles. The van der Waals surface area contributed by atoms with E-state index >= 15 is 0 Å². The summed E-state index contributed by atoms with van der Waals surface area (Å²) in [6.07, 6.45) is 0. The summed E-state index contributed by atoms with van der Waals surface area (Å²) in [5.74, 6) is 1.87. The van der Waals surface area contributed by atoms with Crippen LogP contribution in [0, 0.1) is 0 Å². The zero-order valence-corrected chi connectivity index (χ0v) is 18.1. The number of hydrogen-bond acceptors (Lipinski definition) is 2. The molecule has 4 nitrogen and oxygen atoms in total. The number of nitrogens with two attached hydrogens (primary N) is 1. The standard InChI is InChI=1S/C27H27N3O/c1-27(2,3)20-14-16-21(17-15-20)29-26(28)30-22-10-7-11-23(18-22)31-25-13-6-9-19-8-4-5-12-24(19)25/h4-18H,1-3H3,(H3,28,29,30). The predicted molar refractivity (Wildman–Crippen MR) is 131 cm³/mol. The van der Waals surface area contributed by atoms with Gasteiger partial charge in [0, 0.05) is 17.1 Å². The van der Waals surface area contributed by atoms with Crippen LogP contribution in [-0.2, 0) is 5.41 Å². The van der Waals surface area contributed by atoms with Crippen molar-refractivity contribution in [3.8, 4) is 11.5 Å². The van der Waals surface area contributed by atoms with Crippen molar-refractivity contribution in [1.29, 1.82) is 0 Å². The van der Waals surface area contributed by atoms with Gasteiger partial charge < -0.3 is 15.8 Å². The highest BCUT2D eigenvalue weighted by molar-refractivity contribution is 5.94. The molecule has 0 radical (unpaired) electrons. The van der Waals surface area contributed by atoms with Crippen molar-refractivity contribution in [1.82, 2.24) is 0 Å². The molecule has 0 bridgehead atoms. The normalized spacial score (nSPS) is 12.0. The van der Waals surface area contributed by atoms with Gasteiger partial charge in [0.15, 0.2) is 5.96 Å². The van der Waals surface area contributed by atoms with Crippen molar-refractivity contribution in [2.45, 2.75) is 26.2 Å². The Morgan fingerprint density at radius 1 is 0.839 bits per heavy atom. The fourth-order valence-corrected chi connectivity index (χ4v) is 3.40. The van der Waals surface area contributed by atoms with Crippen molar-refractivity contribution in [2.24, 2.45) is 10.7 Å². The average Bonchev–Trinajstić information content (AvgIpc) is 2.74. The summed E-state index contributed by atoms with van der Waals surface area (Å²) in [5.41, 5.74) is 9.12. The number of fused-ring (bicyclic) bond motifs is 1. The maximum atomic E-state index is 6.16. The Hall–Kier alpha value is -3.79. The molecule has 4 aromatic rings. The summed E-state index contributed by atoms with van der Waals surface area (Å²) in [7, 11) is 0. The number of rotatable bonds is 4. The van der Waals surface area contributed by atoms with Crippen LogP contribution in [0.1, 0.15) is 26.3 Å². The predicted octanol–water partition coefficient (Wildman–Crippen LogP) is 6.99. The topological polar surface area (TPSA) is 59.6 Å². The fraction of sp³-hybridized carbons (Fsp3) is 0.148. The lowest BCUT2D eigenvalue weighted by Crippen LogP contribution is -2.21. The maximum Gasteiger partial charge on any atom is 0.198 e. The van der Waals surface area contributed by atoms with Crippen LogP contribution in [0.2, 0.25) is 0 Å². The molecule has 0 spiro atoms. The van der Waals surface area contributed by atoms with E-state index < -0.39 is 0 Å². The number of guanidine groups is 1. The molecule has 156 valence electrons. The Labute approximate surface area is 183 Å². The Kier molecular flexibility index (Phi) is 5.63. The zero-order chi connectivity index (χ0) is 21.8. The highest BCUT2D eigenvalue weighted by Crippen LogP contribution is 2.31. The first-order valence-electron chi connectivity index (χ1n) is 10.4.